The second kappa shape index (κ2) is 9.89. The lowest BCUT2D eigenvalue weighted by Crippen LogP contribution is -2.27. The Balaban J connectivity index is 1.34. The van der Waals surface area contributed by atoms with Crippen LogP contribution in [-0.2, 0) is 16.8 Å². The van der Waals surface area contributed by atoms with Crippen molar-refractivity contribution in [3.8, 4) is 17.2 Å². The van der Waals surface area contributed by atoms with Crippen LogP contribution in [0.1, 0.15) is 31.9 Å². The zero-order chi connectivity index (χ0) is 24.3. The molecule has 0 saturated carbocycles. The number of amides is 1. The van der Waals surface area contributed by atoms with Crippen LogP contribution in [0.3, 0.4) is 0 Å². The third kappa shape index (κ3) is 5.59. The quantitative estimate of drug-likeness (QED) is 0.308. The van der Waals surface area contributed by atoms with Crippen LogP contribution in [-0.4, -0.2) is 40.9 Å². The first-order chi connectivity index (χ1) is 16.2. The number of methoxy groups -OCH3 is 1. The zero-order valence-electron chi connectivity index (χ0n) is 20.2. The Kier molecular flexibility index (Phi) is 6.93. The number of hydrogen-bond donors (Lipinski definition) is 0. The van der Waals surface area contributed by atoms with Crippen molar-refractivity contribution in [1.29, 1.82) is 0 Å². The molecule has 0 atom stereocenters. The smallest absolute Gasteiger partial charge is 0.277 e. The van der Waals surface area contributed by atoms with E-state index in [1.54, 1.807) is 19.1 Å². The Morgan fingerprint density at radius 2 is 1.71 bits per heavy atom. The summed E-state index contributed by atoms with van der Waals surface area (Å²) in [7, 11) is 3.46. The number of carbonyl (C=O) groups is 1. The SMILES string of the molecule is COc1ccc2cc(CN(C)C(=O)CSc3nnc(-c4ccc(C(C)(C)C)cc4)o3)ccc2c1. The van der Waals surface area contributed by atoms with Crippen molar-refractivity contribution >= 4 is 28.4 Å². The van der Waals surface area contributed by atoms with Crippen molar-refractivity contribution in [3.05, 3.63) is 71.8 Å². The molecular weight excluding hydrogens is 446 g/mol. The van der Waals surface area contributed by atoms with E-state index in [1.807, 2.05) is 42.5 Å². The van der Waals surface area contributed by atoms with Gasteiger partial charge in [-0.05, 0) is 57.6 Å². The van der Waals surface area contributed by atoms with Crippen LogP contribution in [0.5, 0.6) is 5.75 Å². The van der Waals surface area contributed by atoms with E-state index in [-0.39, 0.29) is 17.1 Å². The lowest BCUT2D eigenvalue weighted by atomic mass is 9.87. The molecule has 0 spiro atoms. The number of hydrogen-bond acceptors (Lipinski definition) is 6. The minimum atomic E-state index is -0.00546. The molecule has 1 amide bonds. The highest BCUT2D eigenvalue weighted by atomic mass is 32.2. The van der Waals surface area contributed by atoms with Gasteiger partial charge in [0.05, 0.1) is 12.9 Å². The zero-order valence-corrected chi connectivity index (χ0v) is 21.0. The van der Waals surface area contributed by atoms with Gasteiger partial charge in [-0.25, -0.2) is 0 Å². The minimum Gasteiger partial charge on any atom is -0.497 e. The van der Waals surface area contributed by atoms with Gasteiger partial charge in [-0.1, -0.05) is 62.9 Å². The Bertz CT molecular complexity index is 1290. The molecule has 4 rings (SSSR count). The largest absolute Gasteiger partial charge is 0.497 e. The molecule has 0 radical (unpaired) electrons. The summed E-state index contributed by atoms with van der Waals surface area (Å²) in [5.74, 6) is 1.51. The maximum Gasteiger partial charge on any atom is 0.277 e. The Hall–Kier alpha value is -3.32. The van der Waals surface area contributed by atoms with Gasteiger partial charge in [-0.15, -0.1) is 10.2 Å². The molecule has 0 aliphatic carbocycles. The standard InChI is InChI=1S/C27H29N3O3S/c1-27(2,3)22-11-8-19(9-12-22)25-28-29-26(33-25)34-17-24(31)30(4)16-18-6-7-21-15-23(32-5)13-10-20(21)14-18/h6-15H,16-17H2,1-5H3. The molecule has 34 heavy (non-hydrogen) atoms. The summed E-state index contributed by atoms with van der Waals surface area (Å²) >= 11 is 1.25. The summed E-state index contributed by atoms with van der Waals surface area (Å²) in [6.07, 6.45) is 0. The van der Waals surface area contributed by atoms with Gasteiger partial charge in [0.2, 0.25) is 11.8 Å². The van der Waals surface area contributed by atoms with Crippen molar-refractivity contribution in [2.75, 3.05) is 19.9 Å². The number of ether oxygens (including phenoxy) is 1. The summed E-state index contributed by atoms with van der Waals surface area (Å²) in [4.78, 5) is 14.4. The van der Waals surface area contributed by atoms with Gasteiger partial charge in [0.1, 0.15) is 5.75 Å². The van der Waals surface area contributed by atoms with Crippen LogP contribution in [0.25, 0.3) is 22.2 Å². The predicted octanol–water partition coefficient (Wildman–Crippen LogP) is 5.95. The molecule has 1 aromatic heterocycles. The molecule has 6 nitrogen and oxygen atoms in total. The van der Waals surface area contributed by atoms with Gasteiger partial charge in [-0.2, -0.15) is 0 Å². The average Bonchev–Trinajstić information content (AvgIpc) is 3.30. The van der Waals surface area contributed by atoms with E-state index in [0.717, 1.165) is 27.6 Å². The number of benzene rings is 3. The van der Waals surface area contributed by atoms with Gasteiger partial charge in [0.25, 0.3) is 5.22 Å². The second-order valence-corrected chi connectivity index (χ2v) is 10.2. The van der Waals surface area contributed by atoms with E-state index in [2.05, 4.69) is 49.2 Å². The van der Waals surface area contributed by atoms with Crippen LogP contribution >= 0.6 is 11.8 Å². The maximum atomic E-state index is 12.7. The number of thioether (sulfide) groups is 1. The highest BCUT2D eigenvalue weighted by molar-refractivity contribution is 7.99. The van der Waals surface area contributed by atoms with E-state index < -0.39 is 0 Å². The molecule has 0 fully saturated rings. The predicted molar refractivity (Wildman–Crippen MR) is 136 cm³/mol. The molecule has 4 aromatic rings. The number of rotatable bonds is 7. The third-order valence-electron chi connectivity index (χ3n) is 5.68. The second-order valence-electron chi connectivity index (χ2n) is 9.29. The molecule has 0 aliphatic rings. The van der Waals surface area contributed by atoms with Crippen molar-refractivity contribution in [2.24, 2.45) is 0 Å². The number of fused-ring (bicyclic) bond motifs is 1. The first-order valence-corrected chi connectivity index (χ1v) is 12.1. The maximum absolute atomic E-state index is 12.7. The van der Waals surface area contributed by atoms with Gasteiger partial charge >= 0.3 is 0 Å². The lowest BCUT2D eigenvalue weighted by molar-refractivity contribution is -0.127. The van der Waals surface area contributed by atoms with Gasteiger partial charge in [0, 0.05) is 19.2 Å². The molecule has 0 aliphatic heterocycles. The fraction of sp³-hybridized carbons (Fsp3) is 0.296. The molecule has 7 heteroatoms. The van der Waals surface area contributed by atoms with E-state index in [1.165, 1.54) is 17.3 Å². The van der Waals surface area contributed by atoms with E-state index >= 15 is 0 Å². The first kappa shape index (κ1) is 23.8. The van der Waals surface area contributed by atoms with E-state index in [0.29, 0.717) is 17.7 Å². The molecule has 1 heterocycles. The average molecular weight is 476 g/mol. The van der Waals surface area contributed by atoms with Crippen LogP contribution < -0.4 is 4.74 Å². The molecular formula is C27H29N3O3S. The Morgan fingerprint density at radius 3 is 2.41 bits per heavy atom. The van der Waals surface area contributed by atoms with Gasteiger partial charge < -0.3 is 14.1 Å². The van der Waals surface area contributed by atoms with Crippen LogP contribution in [0.15, 0.2) is 70.3 Å². The Morgan fingerprint density at radius 1 is 1.00 bits per heavy atom. The normalized spacial score (nSPS) is 11.6. The summed E-state index contributed by atoms with van der Waals surface area (Å²) < 4.78 is 11.1. The van der Waals surface area contributed by atoms with E-state index in [9.17, 15) is 4.79 Å². The van der Waals surface area contributed by atoms with Crippen LogP contribution in [0.2, 0.25) is 0 Å². The number of aromatic nitrogens is 2. The minimum absolute atomic E-state index is 0.00546. The van der Waals surface area contributed by atoms with Gasteiger partial charge in [0.15, 0.2) is 0 Å². The van der Waals surface area contributed by atoms with Crippen molar-refractivity contribution < 1.29 is 13.9 Å². The molecule has 176 valence electrons. The summed E-state index contributed by atoms with van der Waals surface area (Å²) in [6, 6.07) is 20.3. The summed E-state index contributed by atoms with van der Waals surface area (Å²) in [6.45, 7) is 7.05. The molecule has 0 saturated heterocycles. The lowest BCUT2D eigenvalue weighted by Gasteiger charge is -2.18. The van der Waals surface area contributed by atoms with Gasteiger partial charge in [-0.3, -0.25) is 4.79 Å². The van der Waals surface area contributed by atoms with Crippen molar-refractivity contribution in [1.82, 2.24) is 15.1 Å². The van der Waals surface area contributed by atoms with Crippen molar-refractivity contribution in [3.63, 3.8) is 0 Å². The number of nitrogens with zero attached hydrogens (tertiary/aromatic N) is 3. The Labute approximate surface area is 204 Å². The topological polar surface area (TPSA) is 68.5 Å². The number of carbonyl (C=O) groups excluding carboxylic acids is 1. The first-order valence-electron chi connectivity index (χ1n) is 11.1. The molecule has 3 aromatic carbocycles. The monoisotopic (exact) mass is 475 g/mol. The third-order valence-corrected chi connectivity index (χ3v) is 6.48. The summed E-state index contributed by atoms with van der Waals surface area (Å²) in [5.41, 5.74) is 3.26. The van der Waals surface area contributed by atoms with Crippen molar-refractivity contribution in [2.45, 2.75) is 38.0 Å². The molecule has 0 N–H and O–H groups in total. The fourth-order valence-electron chi connectivity index (χ4n) is 3.59. The van der Waals surface area contributed by atoms with Crippen LogP contribution in [0, 0.1) is 0 Å². The highest BCUT2D eigenvalue weighted by Gasteiger charge is 2.16. The molecule has 0 unspecified atom stereocenters. The van der Waals surface area contributed by atoms with E-state index in [4.69, 9.17) is 9.15 Å². The summed E-state index contributed by atoms with van der Waals surface area (Å²) in [5, 5.41) is 10.8. The fourth-order valence-corrected chi connectivity index (χ4v) is 4.30. The molecule has 0 bridgehead atoms. The van der Waals surface area contributed by atoms with Crippen LogP contribution in [0.4, 0.5) is 0 Å². The highest BCUT2D eigenvalue weighted by Crippen LogP contribution is 2.27.